The van der Waals surface area contributed by atoms with Crippen molar-refractivity contribution in [1.82, 2.24) is 19.9 Å². The highest BCUT2D eigenvalue weighted by Crippen LogP contribution is 2.31. The Bertz CT molecular complexity index is 1810. The summed E-state index contributed by atoms with van der Waals surface area (Å²) in [7, 11) is 0. The van der Waals surface area contributed by atoms with Crippen molar-refractivity contribution >= 4 is 23.8 Å². The summed E-state index contributed by atoms with van der Waals surface area (Å²) >= 11 is 0. The Hall–Kier alpha value is -4.92. The quantitative estimate of drug-likeness (QED) is 0.155. The van der Waals surface area contributed by atoms with Gasteiger partial charge in [0.1, 0.15) is 23.3 Å². The van der Waals surface area contributed by atoms with Crippen molar-refractivity contribution < 1.29 is 26.3 Å². The van der Waals surface area contributed by atoms with Gasteiger partial charge < -0.3 is 10.6 Å². The number of halogens is 6. The molecule has 0 radical (unpaired) electrons. The largest absolute Gasteiger partial charge is 0.416 e. The number of hydrogen-bond acceptors (Lipinski definition) is 6. The van der Waals surface area contributed by atoms with E-state index in [1.54, 1.807) is 18.5 Å². The fourth-order valence-electron chi connectivity index (χ4n) is 5.77. The lowest BCUT2D eigenvalue weighted by atomic mass is 10.1. The van der Waals surface area contributed by atoms with E-state index in [4.69, 9.17) is 0 Å². The number of anilines is 2. The third kappa shape index (κ3) is 10.5. The summed E-state index contributed by atoms with van der Waals surface area (Å²) in [5, 5.41) is 6.88. The molecule has 12 heteroatoms. The second-order valence-electron chi connectivity index (χ2n) is 12.4. The van der Waals surface area contributed by atoms with Crippen LogP contribution in [0.25, 0.3) is 12.2 Å². The van der Waals surface area contributed by atoms with Crippen LogP contribution in [0.1, 0.15) is 96.4 Å². The first-order chi connectivity index (χ1) is 23.8. The van der Waals surface area contributed by atoms with Gasteiger partial charge >= 0.3 is 12.4 Å². The van der Waals surface area contributed by atoms with Crippen LogP contribution in [0.5, 0.6) is 0 Å². The Labute approximate surface area is 287 Å². The molecule has 6 nitrogen and oxygen atoms in total. The van der Waals surface area contributed by atoms with Crippen LogP contribution in [0.3, 0.4) is 0 Å². The highest BCUT2D eigenvalue weighted by atomic mass is 19.4. The summed E-state index contributed by atoms with van der Waals surface area (Å²) in [5.41, 5.74) is 1.36. The molecule has 2 saturated carbocycles. The SMILES string of the molecule is Cc1ncc(/C=C\c2ccc(C(F)(F)F)cc2)c(NC2CCCC2)n1.Cc1ncc(C#Cc2ccc(C(F)(F)F)cc2)c(NC2CCCC2)n1. The summed E-state index contributed by atoms with van der Waals surface area (Å²) in [4.78, 5) is 17.3. The molecule has 2 fully saturated rings. The topological polar surface area (TPSA) is 75.6 Å². The molecule has 4 aromatic rings. The first kappa shape index (κ1) is 36.4. The smallest absolute Gasteiger partial charge is 0.367 e. The first-order valence-electron chi connectivity index (χ1n) is 16.6. The normalized spacial score (nSPS) is 15.4. The molecule has 0 amide bonds. The highest BCUT2D eigenvalue weighted by Gasteiger charge is 2.30. The van der Waals surface area contributed by atoms with Gasteiger partial charge in [0.05, 0.1) is 16.7 Å². The number of aromatic nitrogens is 4. The standard InChI is InChI=1S/C19H20F3N3.C19H18F3N3/c2*1-13-23-12-15(18(24-13)25-17-4-2-3-5-17)9-6-14-7-10-16(11-8-14)19(20,21)22/h6-12,17H,2-5H2,1H3,(H,23,24,25);7-8,10-12,17H,2-5H2,1H3,(H,23,24,25)/b9-6-;. The zero-order valence-electron chi connectivity index (χ0n) is 27.8. The second-order valence-corrected chi connectivity index (χ2v) is 12.4. The van der Waals surface area contributed by atoms with E-state index < -0.39 is 23.5 Å². The molecule has 2 aliphatic carbocycles. The van der Waals surface area contributed by atoms with Crippen LogP contribution in [0.4, 0.5) is 38.0 Å². The maximum atomic E-state index is 12.6. The minimum atomic E-state index is -4.34. The molecule has 0 aliphatic heterocycles. The fourth-order valence-corrected chi connectivity index (χ4v) is 5.77. The maximum Gasteiger partial charge on any atom is 0.416 e. The van der Waals surface area contributed by atoms with Crippen molar-refractivity contribution in [3.8, 4) is 11.8 Å². The minimum absolute atomic E-state index is 0.390. The van der Waals surface area contributed by atoms with Crippen molar-refractivity contribution in [1.29, 1.82) is 0 Å². The van der Waals surface area contributed by atoms with E-state index in [1.807, 2.05) is 19.9 Å². The average Bonchev–Trinajstić information content (AvgIpc) is 3.79. The zero-order chi connectivity index (χ0) is 35.7. The van der Waals surface area contributed by atoms with Crippen LogP contribution in [0.2, 0.25) is 0 Å². The van der Waals surface area contributed by atoms with Crippen molar-refractivity contribution in [2.24, 2.45) is 0 Å². The van der Waals surface area contributed by atoms with Gasteiger partial charge in [0, 0.05) is 35.6 Å². The van der Waals surface area contributed by atoms with Crippen molar-refractivity contribution in [3.05, 3.63) is 106 Å². The van der Waals surface area contributed by atoms with Crippen LogP contribution in [-0.4, -0.2) is 32.0 Å². The summed E-state index contributed by atoms with van der Waals surface area (Å²) in [5.74, 6) is 8.67. The summed E-state index contributed by atoms with van der Waals surface area (Å²) < 4.78 is 75.6. The van der Waals surface area contributed by atoms with Crippen LogP contribution in [-0.2, 0) is 12.4 Å². The Morgan fingerprint density at radius 1 is 0.620 bits per heavy atom. The number of benzene rings is 2. The van der Waals surface area contributed by atoms with Gasteiger partial charge in [-0.1, -0.05) is 55.7 Å². The molecule has 0 unspecified atom stereocenters. The predicted molar refractivity (Wildman–Crippen MR) is 183 cm³/mol. The lowest BCUT2D eigenvalue weighted by Gasteiger charge is -2.15. The average molecular weight is 693 g/mol. The number of nitrogens with zero attached hydrogens (tertiary/aromatic N) is 4. The van der Waals surface area contributed by atoms with E-state index in [2.05, 4.69) is 42.4 Å². The van der Waals surface area contributed by atoms with E-state index in [0.717, 1.165) is 61.3 Å². The molecule has 2 aromatic carbocycles. The van der Waals surface area contributed by atoms with Gasteiger partial charge in [0.2, 0.25) is 0 Å². The van der Waals surface area contributed by atoms with E-state index in [0.29, 0.717) is 46.2 Å². The van der Waals surface area contributed by atoms with Gasteiger partial charge in [-0.3, -0.25) is 0 Å². The summed E-state index contributed by atoms with van der Waals surface area (Å²) in [6.07, 6.45) is 7.66. The molecule has 2 aliphatic rings. The van der Waals surface area contributed by atoms with Gasteiger partial charge in [-0.05, 0) is 87.6 Å². The van der Waals surface area contributed by atoms with Crippen LogP contribution in [0.15, 0.2) is 60.9 Å². The maximum absolute atomic E-state index is 12.6. The number of rotatable bonds is 6. The molecule has 262 valence electrons. The fraction of sp³-hybridized carbons (Fsp3) is 0.368. The van der Waals surface area contributed by atoms with Crippen LogP contribution in [0, 0.1) is 25.7 Å². The Balaban J connectivity index is 0.000000194. The number of hydrogen-bond donors (Lipinski definition) is 2. The van der Waals surface area contributed by atoms with Gasteiger partial charge in [-0.15, -0.1) is 0 Å². The van der Waals surface area contributed by atoms with E-state index in [-0.39, 0.29) is 0 Å². The van der Waals surface area contributed by atoms with Crippen LogP contribution < -0.4 is 10.6 Å². The molecule has 50 heavy (non-hydrogen) atoms. The second kappa shape index (κ2) is 16.2. The molecule has 6 rings (SSSR count). The van der Waals surface area contributed by atoms with Gasteiger partial charge in [0.15, 0.2) is 0 Å². The van der Waals surface area contributed by atoms with Gasteiger partial charge in [-0.2, -0.15) is 26.3 Å². The van der Waals surface area contributed by atoms with Gasteiger partial charge in [0.25, 0.3) is 0 Å². The third-order valence-electron chi connectivity index (χ3n) is 8.49. The van der Waals surface area contributed by atoms with Crippen molar-refractivity contribution in [2.75, 3.05) is 10.6 Å². The molecule has 2 aromatic heterocycles. The monoisotopic (exact) mass is 692 g/mol. The number of alkyl halides is 6. The Kier molecular flexibility index (Phi) is 11.8. The molecule has 2 heterocycles. The Morgan fingerprint density at radius 2 is 1.10 bits per heavy atom. The highest BCUT2D eigenvalue weighted by molar-refractivity contribution is 5.74. The third-order valence-corrected chi connectivity index (χ3v) is 8.49. The summed E-state index contributed by atoms with van der Waals surface area (Å²) in [6, 6.07) is 10.7. The van der Waals surface area contributed by atoms with E-state index in [1.165, 1.54) is 49.9 Å². The molecule has 0 bridgehead atoms. The molecular formula is C38H38F6N6. The summed E-state index contributed by atoms with van der Waals surface area (Å²) in [6.45, 7) is 3.65. The van der Waals surface area contributed by atoms with E-state index in [9.17, 15) is 26.3 Å². The molecule has 0 spiro atoms. The number of aryl methyl sites for hydroxylation is 2. The zero-order valence-corrected chi connectivity index (χ0v) is 27.8. The van der Waals surface area contributed by atoms with Crippen LogP contribution >= 0.6 is 0 Å². The molecular weight excluding hydrogens is 654 g/mol. The molecule has 0 atom stereocenters. The predicted octanol–water partition coefficient (Wildman–Crippen LogP) is 9.89. The molecule has 2 N–H and O–H groups in total. The van der Waals surface area contributed by atoms with Crippen molar-refractivity contribution in [2.45, 2.75) is 89.7 Å². The molecule has 0 saturated heterocycles. The van der Waals surface area contributed by atoms with Crippen molar-refractivity contribution in [3.63, 3.8) is 0 Å². The van der Waals surface area contributed by atoms with E-state index >= 15 is 0 Å². The lowest BCUT2D eigenvalue weighted by Crippen LogP contribution is -2.17. The lowest BCUT2D eigenvalue weighted by molar-refractivity contribution is -0.138. The Morgan fingerprint density at radius 3 is 1.64 bits per heavy atom. The van der Waals surface area contributed by atoms with Gasteiger partial charge in [-0.25, -0.2) is 19.9 Å². The first-order valence-corrected chi connectivity index (χ1v) is 16.6. The minimum Gasteiger partial charge on any atom is -0.367 e. The number of nitrogens with one attached hydrogen (secondary N) is 2.